The van der Waals surface area contributed by atoms with E-state index in [1.165, 1.54) is 18.2 Å². The summed E-state index contributed by atoms with van der Waals surface area (Å²) < 4.78 is 49.6. The summed E-state index contributed by atoms with van der Waals surface area (Å²) in [4.78, 5) is 21.4. The normalized spacial score (nSPS) is 13.7. The van der Waals surface area contributed by atoms with Crippen LogP contribution in [0, 0.1) is 0 Å². The molecule has 0 aliphatic carbocycles. The van der Waals surface area contributed by atoms with Gasteiger partial charge in [0.1, 0.15) is 17.3 Å². The lowest BCUT2D eigenvalue weighted by atomic mass is 10.2. The van der Waals surface area contributed by atoms with Crippen molar-refractivity contribution >= 4 is 23.3 Å². The number of hydrogen-bond donors (Lipinski definition) is 0. The van der Waals surface area contributed by atoms with E-state index in [0.29, 0.717) is 23.2 Å². The van der Waals surface area contributed by atoms with Crippen molar-refractivity contribution in [3.8, 4) is 17.5 Å². The molecule has 3 aromatic rings. The summed E-state index contributed by atoms with van der Waals surface area (Å²) >= 11 is 6.02. The van der Waals surface area contributed by atoms with Crippen LogP contribution in [0.2, 0.25) is 5.02 Å². The quantitative estimate of drug-likeness (QED) is 0.342. The fourth-order valence-electron chi connectivity index (χ4n) is 3.80. The zero-order valence-corrected chi connectivity index (χ0v) is 20.4. The summed E-state index contributed by atoms with van der Waals surface area (Å²) in [7, 11) is 1.74. The first-order valence-electron chi connectivity index (χ1n) is 11.2. The van der Waals surface area contributed by atoms with Crippen LogP contribution in [0.15, 0.2) is 60.9 Å². The maximum Gasteiger partial charge on any atom is 0.573 e. The van der Waals surface area contributed by atoms with Crippen LogP contribution in [0.25, 0.3) is 0 Å². The largest absolute Gasteiger partial charge is 0.573 e. The number of halogens is 4. The Kier molecular flexibility index (Phi) is 7.16. The van der Waals surface area contributed by atoms with Gasteiger partial charge in [-0.05, 0) is 36.2 Å². The van der Waals surface area contributed by atoms with Gasteiger partial charge in [-0.3, -0.25) is 14.3 Å². The van der Waals surface area contributed by atoms with Crippen molar-refractivity contribution < 1.29 is 27.4 Å². The molecule has 190 valence electrons. The van der Waals surface area contributed by atoms with Crippen LogP contribution in [0.5, 0.6) is 17.5 Å². The zero-order valence-electron chi connectivity index (χ0n) is 19.7. The number of anilines is 1. The van der Waals surface area contributed by atoms with Crippen molar-refractivity contribution in [2.75, 3.05) is 18.5 Å². The summed E-state index contributed by atoms with van der Waals surface area (Å²) in [5.74, 6) is 0.154. The Bertz CT molecular complexity index is 1270. The van der Waals surface area contributed by atoms with E-state index >= 15 is 0 Å². The number of fused-ring (bicyclic) bond motifs is 1. The average Bonchev–Trinajstić information content (AvgIpc) is 3.16. The fraction of sp³-hybridized carbons (Fsp3) is 0.280. The first-order valence-corrected chi connectivity index (χ1v) is 11.6. The van der Waals surface area contributed by atoms with Gasteiger partial charge in [-0.1, -0.05) is 49.7 Å². The SMILES string of the molecule is C=C1N(CCCC)C(=O)c2c(nc(Oc3cccc(OC(F)(F)F)c3)n2Cc2ccc(Cl)cc2)N1C. The highest BCUT2D eigenvalue weighted by molar-refractivity contribution is 6.30. The molecule has 0 unspecified atom stereocenters. The molecule has 0 saturated carbocycles. The van der Waals surface area contributed by atoms with Gasteiger partial charge in [0.15, 0.2) is 11.5 Å². The van der Waals surface area contributed by atoms with Crippen LogP contribution in [-0.2, 0) is 6.54 Å². The molecular weight excluding hydrogens is 497 g/mol. The van der Waals surface area contributed by atoms with Gasteiger partial charge in [0.2, 0.25) is 0 Å². The number of carbonyl (C=O) groups excluding carboxylic acids is 1. The second kappa shape index (κ2) is 10.1. The second-order valence-electron chi connectivity index (χ2n) is 8.19. The molecule has 0 atom stereocenters. The molecule has 4 rings (SSSR count). The first-order chi connectivity index (χ1) is 17.1. The number of nitrogens with zero attached hydrogens (tertiary/aromatic N) is 4. The molecule has 0 saturated heterocycles. The van der Waals surface area contributed by atoms with Gasteiger partial charge in [0.25, 0.3) is 5.91 Å². The summed E-state index contributed by atoms with van der Waals surface area (Å²) in [5, 5.41) is 0.558. The molecule has 0 fully saturated rings. The van der Waals surface area contributed by atoms with Crippen LogP contribution in [-0.4, -0.2) is 40.3 Å². The number of rotatable bonds is 8. The van der Waals surface area contributed by atoms with Crippen LogP contribution in [0.3, 0.4) is 0 Å². The number of hydrogen-bond acceptors (Lipinski definition) is 5. The number of imidazole rings is 1. The van der Waals surface area contributed by atoms with Crippen molar-refractivity contribution in [2.45, 2.75) is 32.7 Å². The molecule has 0 bridgehead atoms. The number of carbonyl (C=O) groups is 1. The van der Waals surface area contributed by atoms with Gasteiger partial charge in [0, 0.05) is 24.7 Å². The summed E-state index contributed by atoms with van der Waals surface area (Å²) in [6.45, 7) is 6.76. The van der Waals surface area contributed by atoms with Gasteiger partial charge in [0.05, 0.1) is 6.54 Å². The fourth-order valence-corrected chi connectivity index (χ4v) is 3.92. The number of aromatic nitrogens is 2. The third-order valence-electron chi connectivity index (χ3n) is 5.62. The third kappa shape index (κ3) is 5.43. The minimum atomic E-state index is -4.85. The van der Waals surface area contributed by atoms with Gasteiger partial charge in [-0.2, -0.15) is 4.98 Å². The number of alkyl halides is 3. The van der Waals surface area contributed by atoms with E-state index in [1.54, 1.807) is 45.7 Å². The number of amides is 1. The lowest BCUT2D eigenvalue weighted by molar-refractivity contribution is -0.274. The van der Waals surface area contributed by atoms with Gasteiger partial charge < -0.3 is 14.4 Å². The third-order valence-corrected chi connectivity index (χ3v) is 5.87. The molecule has 2 aromatic carbocycles. The van der Waals surface area contributed by atoms with Crippen molar-refractivity contribution in [1.82, 2.24) is 14.5 Å². The molecule has 1 aliphatic heterocycles. The summed E-state index contributed by atoms with van der Waals surface area (Å²) in [6, 6.07) is 12.2. The van der Waals surface area contributed by atoms with Crippen LogP contribution in [0.4, 0.5) is 19.0 Å². The monoisotopic (exact) mass is 520 g/mol. The molecule has 7 nitrogen and oxygen atoms in total. The highest BCUT2D eigenvalue weighted by Gasteiger charge is 2.37. The predicted octanol–water partition coefficient (Wildman–Crippen LogP) is 6.44. The van der Waals surface area contributed by atoms with Crippen LogP contribution in [0.1, 0.15) is 35.8 Å². The highest BCUT2D eigenvalue weighted by atomic mass is 35.5. The molecule has 1 aromatic heterocycles. The van der Waals surface area contributed by atoms with Crippen LogP contribution >= 0.6 is 11.6 Å². The van der Waals surface area contributed by atoms with E-state index in [4.69, 9.17) is 16.3 Å². The first kappa shape index (κ1) is 25.4. The van der Waals surface area contributed by atoms with Gasteiger partial charge in [-0.25, -0.2) is 0 Å². The van der Waals surface area contributed by atoms with Crippen molar-refractivity contribution in [3.63, 3.8) is 0 Å². The smallest absolute Gasteiger partial charge is 0.425 e. The molecule has 11 heteroatoms. The maximum atomic E-state index is 13.6. The lowest BCUT2D eigenvalue weighted by Gasteiger charge is -2.35. The predicted molar refractivity (Wildman–Crippen MR) is 129 cm³/mol. The molecule has 0 radical (unpaired) electrons. The Morgan fingerprint density at radius 3 is 2.47 bits per heavy atom. The summed E-state index contributed by atoms with van der Waals surface area (Å²) in [5.41, 5.74) is 1.10. The standard InChI is InChI=1S/C25H24ClF3N4O3/c1-4-5-13-32-16(2)31(3)22-21(23(32)34)33(15-17-9-11-18(26)12-10-17)24(30-22)35-19-7-6-8-20(14-19)36-25(27,28)29/h6-12,14H,2,4-5,13,15H2,1,3H3. The Hall–Kier alpha value is -3.66. The lowest BCUT2D eigenvalue weighted by Crippen LogP contribution is -2.43. The van der Waals surface area contributed by atoms with E-state index in [9.17, 15) is 18.0 Å². The number of ether oxygens (including phenoxy) is 2. The highest BCUT2D eigenvalue weighted by Crippen LogP contribution is 2.37. The molecule has 1 amide bonds. The van der Waals surface area contributed by atoms with Crippen molar-refractivity contribution in [2.24, 2.45) is 0 Å². The Labute approximate surface area is 211 Å². The molecular formula is C25H24ClF3N4O3. The zero-order chi connectivity index (χ0) is 26.0. The molecule has 1 aliphatic rings. The topological polar surface area (TPSA) is 59.8 Å². The van der Waals surface area contributed by atoms with E-state index in [1.807, 2.05) is 6.92 Å². The van der Waals surface area contributed by atoms with E-state index in [2.05, 4.69) is 16.3 Å². The second-order valence-corrected chi connectivity index (χ2v) is 8.63. The Morgan fingerprint density at radius 2 is 1.81 bits per heavy atom. The molecule has 36 heavy (non-hydrogen) atoms. The maximum absolute atomic E-state index is 13.6. The molecule has 0 N–H and O–H groups in total. The van der Waals surface area contributed by atoms with Crippen molar-refractivity contribution in [1.29, 1.82) is 0 Å². The summed E-state index contributed by atoms with van der Waals surface area (Å²) in [6.07, 6.45) is -3.17. The minimum Gasteiger partial charge on any atom is -0.425 e. The van der Waals surface area contributed by atoms with E-state index in [-0.39, 0.29) is 29.9 Å². The Balaban J connectivity index is 1.77. The molecule has 2 heterocycles. The van der Waals surface area contributed by atoms with Gasteiger partial charge in [-0.15, -0.1) is 13.2 Å². The van der Waals surface area contributed by atoms with Crippen molar-refractivity contribution in [3.05, 3.63) is 77.2 Å². The Morgan fingerprint density at radius 1 is 1.11 bits per heavy atom. The number of unbranched alkanes of at least 4 members (excludes halogenated alkanes) is 1. The van der Waals surface area contributed by atoms with E-state index < -0.39 is 12.1 Å². The molecule has 0 spiro atoms. The average molecular weight is 521 g/mol. The number of benzene rings is 2. The minimum absolute atomic E-state index is 0.0319. The van der Waals surface area contributed by atoms with E-state index in [0.717, 1.165) is 24.5 Å². The van der Waals surface area contributed by atoms with Gasteiger partial charge >= 0.3 is 12.4 Å². The van der Waals surface area contributed by atoms with Crippen LogP contribution < -0.4 is 14.4 Å².